The van der Waals surface area contributed by atoms with Gasteiger partial charge in [-0.25, -0.2) is 0 Å². The molecule has 9 nitrogen and oxygen atoms in total. The van der Waals surface area contributed by atoms with Gasteiger partial charge in [0.15, 0.2) is 0 Å². The maximum Gasteiger partial charge on any atom is 0.309 e. The van der Waals surface area contributed by atoms with E-state index in [9.17, 15) is 24.3 Å². The van der Waals surface area contributed by atoms with Gasteiger partial charge in [0.1, 0.15) is 0 Å². The lowest BCUT2D eigenvalue weighted by atomic mass is 9.97. The summed E-state index contributed by atoms with van der Waals surface area (Å²) >= 11 is 2.77. The molecule has 4 heterocycles. The Bertz CT molecular complexity index is 1270. The lowest BCUT2D eigenvalue weighted by molar-refractivity contribution is -0.422. The first-order valence-corrected chi connectivity index (χ1v) is 16.9. The SMILES string of the molecule is C=CCCOC(=O)C1CCN(c2ccc(C3C(=O)C(=O)C(c4ccc(N5CCC(C(=O)OCCC=C)CC5)s4)C3[O-])s2)CC1. The summed E-state index contributed by atoms with van der Waals surface area (Å²) in [6.07, 6.45) is 6.01. The summed E-state index contributed by atoms with van der Waals surface area (Å²) in [5.74, 6) is -3.85. The highest BCUT2D eigenvalue weighted by Crippen LogP contribution is 2.45. The van der Waals surface area contributed by atoms with Crippen molar-refractivity contribution in [2.75, 3.05) is 49.2 Å². The lowest BCUT2D eigenvalue weighted by Gasteiger charge is -2.32. The van der Waals surface area contributed by atoms with Gasteiger partial charge in [-0.3, -0.25) is 19.2 Å². The number of nitrogens with zero attached hydrogens (tertiary/aromatic N) is 2. The van der Waals surface area contributed by atoms with Crippen LogP contribution in [0.3, 0.4) is 0 Å². The molecule has 1 aliphatic carbocycles. The number of thiophene rings is 2. The first-order chi connectivity index (χ1) is 21.3. The largest absolute Gasteiger partial charge is 0.850 e. The average Bonchev–Trinajstić information content (AvgIpc) is 3.76. The van der Waals surface area contributed by atoms with Crippen LogP contribution in [0.2, 0.25) is 0 Å². The van der Waals surface area contributed by atoms with Crippen molar-refractivity contribution in [1.82, 2.24) is 0 Å². The number of esters is 2. The van der Waals surface area contributed by atoms with Crippen molar-refractivity contribution in [3.63, 3.8) is 0 Å². The predicted octanol–water partition coefficient (Wildman–Crippen LogP) is 4.23. The van der Waals surface area contributed by atoms with Crippen molar-refractivity contribution in [3.8, 4) is 0 Å². The molecule has 0 radical (unpaired) electrons. The summed E-state index contributed by atoms with van der Waals surface area (Å²) in [4.78, 5) is 56.5. The molecule has 0 spiro atoms. The molecule has 0 bridgehead atoms. The van der Waals surface area contributed by atoms with E-state index < -0.39 is 29.5 Å². The van der Waals surface area contributed by atoms with Gasteiger partial charge in [-0.05, 0) is 62.8 Å². The quantitative estimate of drug-likeness (QED) is 0.146. The molecule has 2 aromatic rings. The smallest absolute Gasteiger partial charge is 0.309 e. The van der Waals surface area contributed by atoms with Crippen molar-refractivity contribution < 1.29 is 33.8 Å². The highest BCUT2D eigenvalue weighted by atomic mass is 32.1. The van der Waals surface area contributed by atoms with Crippen molar-refractivity contribution in [3.05, 3.63) is 59.3 Å². The van der Waals surface area contributed by atoms with Crippen LogP contribution in [0, 0.1) is 11.8 Å². The van der Waals surface area contributed by atoms with Gasteiger partial charge < -0.3 is 24.4 Å². The van der Waals surface area contributed by atoms with Crippen LogP contribution in [0.5, 0.6) is 0 Å². The van der Waals surface area contributed by atoms with Gasteiger partial charge in [0.05, 0.1) is 35.1 Å². The Morgan fingerprint density at radius 2 is 1.14 bits per heavy atom. The minimum Gasteiger partial charge on any atom is -0.850 e. The second kappa shape index (κ2) is 14.7. The normalized spacial score (nSPS) is 23.2. The molecule has 2 aromatic heterocycles. The Labute approximate surface area is 266 Å². The maximum absolute atomic E-state index is 13.7. The van der Waals surface area contributed by atoms with Gasteiger partial charge in [-0.2, -0.15) is 0 Å². The Kier molecular flexibility index (Phi) is 10.7. The molecule has 3 fully saturated rings. The van der Waals surface area contributed by atoms with Gasteiger partial charge >= 0.3 is 11.9 Å². The van der Waals surface area contributed by atoms with Crippen molar-refractivity contribution >= 4 is 56.2 Å². The van der Waals surface area contributed by atoms with Crippen molar-refractivity contribution in [2.45, 2.75) is 56.5 Å². The zero-order chi connectivity index (χ0) is 31.2. The molecule has 2 unspecified atom stereocenters. The number of carbonyl (C=O) groups excluding carboxylic acids is 4. The van der Waals surface area contributed by atoms with Crippen molar-refractivity contribution in [1.29, 1.82) is 0 Å². The van der Waals surface area contributed by atoms with E-state index in [1.54, 1.807) is 24.3 Å². The van der Waals surface area contributed by atoms with E-state index in [4.69, 9.17) is 9.47 Å². The molecule has 1 saturated carbocycles. The molecule has 236 valence electrons. The van der Waals surface area contributed by atoms with Gasteiger partial charge in [0, 0.05) is 47.8 Å². The number of hydrogen-bond donors (Lipinski definition) is 0. The van der Waals surface area contributed by atoms with Crippen LogP contribution >= 0.6 is 22.7 Å². The molecule has 0 N–H and O–H groups in total. The Balaban J connectivity index is 1.17. The topological polar surface area (TPSA) is 116 Å². The van der Waals surface area contributed by atoms with Crippen LogP contribution in [-0.2, 0) is 28.7 Å². The highest BCUT2D eigenvalue weighted by molar-refractivity contribution is 7.17. The molecule has 0 amide bonds. The van der Waals surface area contributed by atoms with Crippen LogP contribution in [-0.4, -0.2) is 69.0 Å². The predicted molar refractivity (Wildman–Crippen MR) is 169 cm³/mol. The third-order valence-electron chi connectivity index (χ3n) is 8.72. The minimum absolute atomic E-state index is 0.137. The summed E-state index contributed by atoms with van der Waals surface area (Å²) in [6, 6.07) is 7.40. The standard InChI is InChI=1S/C33H39N2O7S2/c1-3-5-19-41-32(39)21-11-15-34(16-12-21)25-9-7-23(43-25)27-29(36)28(31(38)30(27)37)24-8-10-26(44-24)35-17-13-22(14-18-35)33(40)42-20-6-4-2/h3-4,7-10,21-22,27-29H,1-2,5-6,11-20H2/q-1. The molecule has 2 saturated heterocycles. The Morgan fingerprint density at radius 1 is 0.750 bits per heavy atom. The first kappa shape index (κ1) is 32.1. The third kappa shape index (κ3) is 7.00. The van der Waals surface area contributed by atoms with E-state index in [0.29, 0.717) is 87.7 Å². The van der Waals surface area contributed by atoms with E-state index in [-0.39, 0.29) is 23.8 Å². The number of hydrogen-bond acceptors (Lipinski definition) is 11. The summed E-state index contributed by atoms with van der Waals surface area (Å²) in [5.41, 5.74) is 0. The summed E-state index contributed by atoms with van der Waals surface area (Å²) in [7, 11) is 0. The van der Waals surface area contributed by atoms with Crippen LogP contribution in [0.15, 0.2) is 49.6 Å². The van der Waals surface area contributed by atoms with Gasteiger partial charge in [0.25, 0.3) is 0 Å². The number of ketones is 2. The average molecular weight is 640 g/mol. The summed E-state index contributed by atoms with van der Waals surface area (Å²) < 4.78 is 10.7. The number of carbonyl (C=O) groups is 4. The fraction of sp³-hybridized carbons (Fsp3) is 0.515. The Hall–Kier alpha value is -3.28. The molecule has 5 rings (SSSR count). The van der Waals surface area contributed by atoms with Crippen LogP contribution in [0.4, 0.5) is 10.0 Å². The zero-order valence-corrected chi connectivity index (χ0v) is 26.5. The number of piperidine rings is 2. The zero-order valence-electron chi connectivity index (χ0n) is 24.8. The molecule has 44 heavy (non-hydrogen) atoms. The van der Waals surface area contributed by atoms with E-state index in [0.717, 1.165) is 10.0 Å². The number of ether oxygens (including phenoxy) is 2. The fourth-order valence-electron chi connectivity index (χ4n) is 6.13. The van der Waals surface area contributed by atoms with Crippen molar-refractivity contribution in [2.24, 2.45) is 11.8 Å². The van der Waals surface area contributed by atoms with E-state index in [2.05, 4.69) is 23.0 Å². The number of rotatable bonds is 12. The van der Waals surface area contributed by atoms with Gasteiger partial charge in [-0.1, -0.05) is 18.3 Å². The van der Waals surface area contributed by atoms with Gasteiger partial charge in [0.2, 0.25) is 11.6 Å². The molecule has 0 aromatic carbocycles. The third-order valence-corrected chi connectivity index (χ3v) is 11.2. The molecule has 2 aliphatic heterocycles. The molecular formula is C33H39N2O7S2-. The molecule has 3 aliphatic rings. The van der Waals surface area contributed by atoms with Crippen LogP contribution in [0.1, 0.15) is 60.1 Å². The first-order valence-electron chi connectivity index (χ1n) is 15.3. The highest BCUT2D eigenvalue weighted by Gasteiger charge is 2.46. The molecule has 2 atom stereocenters. The van der Waals surface area contributed by atoms with E-state index in [1.807, 2.05) is 12.1 Å². The monoisotopic (exact) mass is 639 g/mol. The maximum atomic E-state index is 13.7. The lowest BCUT2D eigenvalue weighted by Crippen LogP contribution is -2.36. The molecule has 11 heteroatoms. The molecular weight excluding hydrogens is 601 g/mol. The fourth-order valence-corrected chi connectivity index (χ4v) is 8.52. The van der Waals surface area contributed by atoms with Crippen LogP contribution < -0.4 is 14.9 Å². The van der Waals surface area contributed by atoms with Gasteiger partial charge in [-0.15, -0.1) is 35.8 Å². The van der Waals surface area contributed by atoms with Crippen LogP contribution in [0.25, 0.3) is 0 Å². The van der Waals surface area contributed by atoms with E-state index in [1.165, 1.54) is 22.7 Å². The number of Topliss-reactive ketones (excluding diaryl/α,β-unsaturated/α-hetero) is 2. The summed E-state index contributed by atoms with van der Waals surface area (Å²) in [5, 5.41) is 15.5. The summed E-state index contributed by atoms with van der Waals surface area (Å²) in [6.45, 7) is 10.7. The number of anilines is 2. The minimum atomic E-state index is -1.39. The Morgan fingerprint density at radius 3 is 1.50 bits per heavy atom. The second-order valence-corrected chi connectivity index (χ2v) is 13.7. The van der Waals surface area contributed by atoms with E-state index >= 15 is 0 Å². The second-order valence-electron chi connectivity index (χ2n) is 11.5.